The first-order valence-corrected chi connectivity index (χ1v) is 6.70. The average Bonchev–Trinajstić information content (AvgIpc) is 2.56. The van der Waals surface area contributed by atoms with Crippen LogP contribution < -0.4 is 4.90 Å². The minimum absolute atomic E-state index is 0.0213. The molecule has 1 saturated heterocycles. The van der Waals surface area contributed by atoms with Crippen LogP contribution in [-0.4, -0.2) is 18.2 Å². The van der Waals surface area contributed by atoms with Gasteiger partial charge in [0, 0.05) is 4.47 Å². The summed E-state index contributed by atoms with van der Waals surface area (Å²) in [5.74, 6) is -0.143. The van der Waals surface area contributed by atoms with Crippen LogP contribution in [-0.2, 0) is 15.0 Å². The topological polar surface area (TPSA) is 37.4 Å². The zero-order chi connectivity index (χ0) is 13.5. The Labute approximate surface area is 115 Å². The van der Waals surface area contributed by atoms with Gasteiger partial charge in [-0.05, 0) is 39.0 Å². The van der Waals surface area contributed by atoms with Gasteiger partial charge in [0.25, 0.3) is 0 Å². The van der Waals surface area contributed by atoms with E-state index in [4.69, 9.17) is 0 Å². The molecule has 2 rings (SSSR count). The van der Waals surface area contributed by atoms with E-state index in [0.717, 1.165) is 10.2 Å². The molecule has 1 heterocycles. The van der Waals surface area contributed by atoms with E-state index >= 15 is 0 Å². The lowest BCUT2D eigenvalue weighted by atomic mass is 9.87. The molecule has 1 fully saturated rings. The summed E-state index contributed by atoms with van der Waals surface area (Å²) in [7, 11) is 0. The number of Topliss-reactive ketones (excluding diaryl/α,β-unsaturated/α-hetero) is 1. The van der Waals surface area contributed by atoms with E-state index in [9.17, 15) is 9.59 Å². The van der Waals surface area contributed by atoms with E-state index in [1.807, 2.05) is 18.2 Å². The van der Waals surface area contributed by atoms with Crippen molar-refractivity contribution >= 4 is 33.3 Å². The fourth-order valence-electron chi connectivity index (χ4n) is 2.00. The smallest absolute Gasteiger partial charge is 0.234 e. The molecule has 0 spiro atoms. The molecule has 1 aliphatic rings. The lowest BCUT2D eigenvalue weighted by Gasteiger charge is -2.22. The molecule has 0 N–H and O–H groups in total. The third kappa shape index (κ3) is 2.48. The molecule has 0 aromatic heterocycles. The van der Waals surface area contributed by atoms with Gasteiger partial charge in [0.15, 0.2) is 5.78 Å². The highest BCUT2D eigenvalue weighted by Gasteiger charge is 2.30. The number of nitrogens with zero attached hydrogens (tertiary/aromatic N) is 1. The Morgan fingerprint density at radius 1 is 1.22 bits per heavy atom. The highest BCUT2D eigenvalue weighted by atomic mass is 79.9. The Balaban J connectivity index is 2.37. The second kappa shape index (κ2) is 4.50. The third-order valence-corrected chi connectivity index (χ3v) is 3.72. The normalized spacial score (nSPS) is 16.6. The van der Waals surface area contributed by atoms with Gasteiger partial charge < -0.3 is 4.90 Å². The number of ketones is 1. The van der Waals surface area contributed by atoms with Crippen LogP contribution in [0.5, 0.6) is 0 Å². The maximum Gasteiger partial charge on any atom is 0.234 e. The maximum atomic E-state index is 11.7. The average molecular weight is 310 g/mol. The molecule has 1 aromatic rings. The van der Waals surface area contributed by atoms with Crippen LogP contribution in [0.1, 0.15) is 32.8 Å². The van der Waals surface area contributed by atoms with Crippen LogP contribution in [0.4, 0.5) is 5.69 Å². The molecule has 1 amide bonds. The van der Waals surface area contributed by atoms with E-state index < -0.39 is 0 Å². The summed E-state index contributed by atoms with van der Waals surface area (Å²) in [5, 5.41) is 0. The number of amides is 1. The Morgan fingerprint density at radius 2 is 1.89 bits per heavy atom. The number of halogens is 1. The summed E-state index contributed by atoms with van der Waals surface area (Å²) in [4.78, 5) is 24.5. The molecule has 0 bridgehead atoms. The number of hydrogen-bond acceptors (Lipinski definition) is 2. The molecule has 0 aliphatic carbocycles. The molecule has 0 unspecified atom stereocenters. The zero-order valence-electron chi connectivity index (χ0n) is 10.8. The second-order valence-corrected chi connectivity index (χ2v) is 6.47. The van der Waals surface area contributed by atoms with E-state index in [1.54, 1.807) is 4.90 Å². The zero-order valence-corrected chi connectivity index (χ0v) is 12.4. The van der Waals surface area contributed by atoms with Gasteiger partial charge in [0.2, 0.25) is 5.91 Å². The van der Waals surface area contributed by atoms with Crippen LogP contribution in [0.2, 0.25) is 0 Å². The number of anilines is 1. The molecule has 0 atom stereocenters. The van der Waals surface area contributed by atoms with Crippen molar-refractivity contribution in [1.29, 1.82) is 0 Å². The van der Waals surface area contributed by atoms with Crippen molar-refractivity contribution in [3.63, 3.8) is 0 Å². The highest BCUT2D eigenvalue weighted by Crippen LogP contribution is 2.33. The number of rotatable bonds is 1. The van der Waals surface area contributed by atoms with Crippen molar-refractivity contribution in [1.82, 2.24) is 0 Å². The van der Waals surface area contributed by atoms with Crippen LogP contribution in [0, 0.1) is 0 Å². The van der Waals surface area contributed by atoms with Crippen LogP contribution in [0.15, 0.2) is 22.7 Å². The standard InChI is InChI=1S/C14H16BrNO2/c1-14(2,3)9-4-5-12(11(15)6-9)16-8-10(17)7-13(16)18/h4-6H,7-8H2,1-3H3. The molecule has 3 nitrogen and oxygen atoms in total. The Bertz CT molecular complexity index is 517. The first-order chi connectivity index (χ1) is 8.29. The third-order valence-electron chi connectivity index (χ3n) is 3.09. The quantitative estimate of drug-likeness (QED) is 0.748. The second-order valence-electron chi connectivity index (χ2n) is 5.61. The van der Waals surface area contributed by atoms with E-state index in [-0.39, 0.29) is 30.1 Å². The van der Waals surface area contributed by atoms with Crippen LogP contribution in [0.3, 0.4) is 0 Å². The molecular formula is C14H16BrNO2. The van der Waals surface area contributed by atoms with Gasteiger partial charge in [-0.3, -0.25) is 9.59 Å². The minimum Gasteiger partial charge on any atom is -0.303 e. The van der Waals surface area contributed by atoms with Crippen molar-refractivity contribution in [3.05, 3.63) is 28.2 Å². The predicted molar refractivity (Wildman–Crippen MR) is 74.8 cm³/mol. The molecule has 96 valence electrons. The van der Waals surface area contributed by atoms with Crippen molar-refractivity contribution in [2.75, 3.05) is 11.4 Å². The summed E-state index contributed by atoms with van der Waals surface area (Å²) >= 11 is 3.49. The fraction of sp³-hybridized carbons (Fsp3) is 0.429. The highest BCUT2D eigenvalue weighted by molar-refractivity contribution is 9.10. The van der Waals surface area contributed by atoms with Gasteiger partial charge >= 0.3 is 0 Å². The minimum atomic E-state index is -0.121. The van der Waals surface area contributed by atoms with Crippen molar-refractivity contribution < 1.29 is 9.59 Å². The lowest BCUT2D eigenvalue weighted by Crippen LogP contribution is -2.25. The molecule has 0 radical (unpaired) electrons. The molecule has 1 aromatic carbocycles. The Hall–Kier alpha value is -1.16. The van der Waals surface area contributed by atoms with Crippen molar-refractivity contribution in [2.45, 2.75) is 32.6 Å². The van der Waals surface area contributed by atoms with E-state index in [2.05, 4.69) is 36.7 Å². The van der Waals surface area contributed by atoms with Crippen LogP contribution in [0.25, 0.3) is 0 Å². The predicted octanol–water partition coefficient (Wildman–Crippen LogP) is 3.05. The van der Waals surface area contributed by atoms with Gasteiger partial charge in [0.1, 0.15) is 0 Å². The van der Waals surface area contributed by atoms with Gasteiger partial charge in [-0.1, -0.05) is 26.8 Å². The number of carbonyl (C=O) groups is 2. The van der Waals surface area contributed by atoms with E-state index in [1.165, 1.54) is 5.56 Å². The number of hydrogen-bond donors (Lipinski definition) is 0. The molecule has 0 saturated carbocycles. The molecular weight excluding hydrogens is 294 g/mol. The molecule has 4 heteroatoms. The lowest BCUT2D eigenvalue weighted by molar-refractivity contribution is -0.121. The Morgan fingerprint density at radius 3 is 2.33 bits per heavy atom. The van der Waals surface area contributed by atoms with Gasteiger partial charge in [-0.25, -0.2) is 0 Å². The van der Waals surface area contributed by atoms with Gasteiger partial charge in [0.05, 0.1) is 18.7 Å². The Kier molecular flexibility index (Phi) is 3.32. The largest absolute Gasteiger partial charge is 0.303 e. The van der Waals surface area contributed by atoms with Gasteiger partial charge in [-0.2, -0.15) is 0 Å². The summed E-state index contributed by atoms with van der Waals surface area (Å²) < 4.78 is 0.859. The first kappa shape index (κ1) is 13.3. The summed E-state index contributed by atoms with van der Waals surface area (Å²) in [6.07, 6.45) is 0.0213. The summed E-state index contributed by atoms with van der Waals surface area (Å²) in [5.41, 5.74) is 2.03. The maximum absolute atomic E-state index is 11.7. The van der Waals surface area contributed by atoms with Crippen molar-refractivity contribution in [3.8, 4) is 0 Å². The van der Waals surface area contributed by atoms with Crippen LogP contribution >= 0.6 is 15.9 Å². The summed E-state index contributed by atoms with van der Waals surface area (Å²) in [6, 6.07) is 5.93. The van der Waals surface area contributed by atoms with E-state index in [0.29, 0.717) is 0 Å². The number of benzene rings is 1. The number of carbonyl (C=O) groups excluding carboxylic acids is 2. The fourth-order valence-corrected chi connectivity index (χ4v) is 2.59. The van der Waals surface area contributed by atoms with Gasteiger partial charge in [-0.15, -0.1) is 0 Å². The summed E-state index contributed by atoms with van der Waals surface area (Å²) in [6.45, 7) is 6.60. The molecule has 1 aliphatic heterocycles. The SMILES string of the molecule is CC(C)(C)c1ccc(N2CC(=O)CC2=O)c(Br)c1. The van der Waals surface area contributed by atoms with Crippen molar-refractivity contribution in [2.24, 2.45) is 0 Å². The monoisotopic (exact) mass is 309 g/mol. The molecule has 18 heavy (non-hydrogen) atoms. The first-order valence-electron chi connectivity index (χ1n) is 5.91.